The molecule has 2 aliphatic rings. The molecule has 0 aromatic carbocycles. The Balaban J connectivity index is 1.83. The van der Waals surface area contributed by atoms with Crippen LogP contribution in [0.3, 0.4) is 0 Å². The first-order valence-corrected chi connectivity index (χ1v) is 6.55. The van der Waals surface area contributed by atoms with Crippen LogP contribution in [0.1, 0.15) is 39.0 Å². The third kappa shape index (κ3) is 2.76. The minimum absolute atomic E-state index is 0.306. The topological polar surface area (TPSA) is 23.6 Å². The van der Waals surface area contributed by atoms with E-state index in [-0.39, 0.29) is 0 Å². The third-order valence-electron chi connectivity index (χ3n) is 4.24. The predicted octanol–water partition coefficient (Wildman–Crippen LogP) is 1.73. The minimum atomic E-state index is 0.306. The summed E-state index contributed by atoms with van der Waals surface area (Å²) in [6.45, 7) is 6.19. The minimum Gasteiger partial charge on any atom is -0.340 e. The van der Waals surface area contributed by atoms with Crippen LogP contribution < -0.4 is 0 Å². The van der Waals surface area contributed by atoms with Crippen molar-refractivity contribution in [1.29, 1.82) is 0 Å². The first-order valence-electron chi connectivity index (χ1n) is 6.55. The summed E-state index contributed by atoms with van der Waals surface area (Å²) in [5, 5.41) is 0. The van der Waals surface area contributed by atoms with E-state index in [1.807, 2.05) is 0 Å². The number of amides is 1. The molecular weight excluding hydrogens is 200 g/mol. The molecule has 1 aliphatic carbocycles. The van der Waals surface area contributed by atoms with Gasteiger partial charge in [0.1, 0.15) is 0 Å². The molecule has 0 N–H and O–H groups in total. The fourth-order valence-electron chi connectivity index (χ4n) is 2.94. The van der Waals surface area contributed by atoms with Gasteiger partial charge >= 0.3 is 0 Å². The van der Waals surface area contributed by atoms with E-state index in [9.17, 15) is 4.79 Å². The van der Waals surface area contributed by atoms with Gasteiger partial charge in [-0.25, -0.2) is 0 Å². The van der Waals surface area contributed by atoms with E-state index in [0.29, 0.717) is 11.3 Å². The largest absolute Gasteiger partial charge is 0.340 e. The van der Waals surface area contributed by atoms with Gasteiger partial charge in [-0.3, -0.25) is 4.79 Å². The monoisotopic (exact) mass is 224 g/mol. The van der Waals surface area contributed by atoms with Gasteiger partial charge in [-0.2, -0.15) is 0 Å². The van der Waals surface area contributed by atoms with Gasteiger partial charge in [0.2, 0.25) is 5.91 Å². The van der Waals surface area contributed by atoms with Gasteiger partial charge in [0.25, 0.3) is 0 Å². The average molecular weight is 224 g/mol. The summed E-state index contributed by atoms with van der Waals surface area (Å²) >= 11 is 0. The van der Waals surface area contributed by atoms with Crippen LogP contribution in [0.15, 0.2) is 0 Å². The highest BCUT2D eigenvalue weighted by molar-refractivity contribution is 5.77. The summed E-state index contributed by atoms with van der Waals surface area (Å²) in [6, 6.07) is 0. The molecule has 0 bridgehead atoms. The van der Waals surface area contributed by atoms with Crippen molar-refractivity contribution in [3.05, 3.63) is 0 Å². The fourth-order valence-corrected chi connectivity index (χ4v) is 2.94. The maximum absolute atomic E-state index is 12.2. The second-order valence-corrected chi connectivity index (χ2v) is 5.88. The van der Waals surface area contributed by atoms with Crippen molar-refractivity contribution >= 4 is 5.91 Å². The number of carbonyl (C=O) groups excluding carboxylic acids is 1. The molecule has 2 fully saturated rings. The quantitative estimate of drug-likeness (QED) is 0.713. The highest BCUT2D eigenvalue weighted by atomic mass is 16.2. The van der Waals surface area contributed by atoms with Crippen LogP contribution >= 0.6 is 0 Å². The van der Waals surface area contributed by atoms with Crippen molar-refractivity contribution in [3.63, 3.8) is 0 Å². The average Bonchev–Trinajstić information content (AvgIpc) is 2.65. The van der Waals surface area contributed by atoms with Crippen molar-refractivity contribution in [1.82, 2.24) is 9.80 Å². The molecule has 0 radical (unpaired) electrons. The zero-order chi connectivity index (χ0) is 11.6. The maximum Gasteiger partial charge on any atom is 0.223 e. The van der Waals surface area contributed by atoms with E-state index in [1.54, 1.807) is 0 Å². The Morgan fingerprint density at radius 3 is 2.25 bits per heavy atom. The summed E-state index contributed by atoms with van der Waals surface area (Å²) in [6.07, 6.45) is 5.88. The Bertz CT molecular complexity index is 251. The molecule has 0 aromatic heterocycles. The van der Waals surface area contributed by atoms with E-state index < -0.39 is 0 Å². The first kappa shape index (κ1) is 11.9. The Hall–Kier alpha value is -0.570. The van der Waals surface area contributed by atoms with Crippen molar-refractivity contribution in [2.24, 2.45) is 5.41 Å². The molecule has 3 nitrogen and oxygen atoms in total. The van der Waals surface area contributed by atoms with Gasteiger partial charge in [0.15, 0.2) is 0 Å². The lowest BCUT2D eigenvalue weighted by atomic mass is 9.84. The smallest absolute Gasteiger partial charge is 0.223 e. The van der Waals surface area contributed by atoms with E-state index in [4.69, 9.17) is 0 Å². The molecule has 1 aliphatic heterocycles. The number of rotatable bonds is 2. The molecule has 0 atom stereocenters. The molecule has 0 aromatic rings. The van der Waals surface area contributed by atoms with Crippen molar-refractivity contribution in [2.75, 3.05) is 33.2 Å². The molecule has 1 saturated carbocycles. The molecule has 92 valence electrons. The van der Waals surface area contributed by atoms with Gasteiger partial charge < -0.3 is 9.80 Å². The molecule has 1 amide bonds. The lowest BCUT2D eigenvalue weighted by Gasteiger charge is -2.34. The van der Waals surface area contributed by atoms with Crippen LogP contribution in [0.4, 0.5) is 0 Å². The highest BCUT2D eigenvalue weighted by Gasteiger charge is 2.33. The van der Waals surface area contributed by atoms with Crippen LogP contribution in [-0.4, -0.2) is 48.9 Å². The van der Waals surface area contributed by atoms with E-state index in [1.165, 1.54) is 25.7 Å². The zero-order valence-electron chi connectivity index (χ0n) is 10.7. The van der Waals surface area contributed by atoms with Crippen LogP contribution in [-0.2, 0) is 4.79 Å². The van der Waals surface area contributed by atoms with Gasteiger partial charge in [-0.05, 0) is 25.3 Å². The summed E-state index contributed by atoms with van der Waals surface area (Å²) in [7, 11) is 2.13. The maximum atomic E-state index is 12.2. The summed E-state index contributed by atoms with van der Waals surface area (Å²) < 4.78 is 0. The fraction of sp³-hybridized carbons (Fsp3) is 0.923. The van der Waals surface area contributed by atoms with Crippen LogP contribution in [0.2, 0.25) is 0 Å². The second kappa shape index (κ2) is 4.74. The first-order chi connectivity index (χ1) is 7.59. The molecular formula is C13H24N2O. The molecule has 1 saturated heterocycles. The summed E-state index contributed by atoms with van der Waals surface area (Å²) in [5.74, 6) is 0.387. The molecule has 0 spiro atoms. The Labute approximate surface area is 98.8 Å². The van der Waals surface area contributed by atoms with E-state index >= 15 is 0 Å². The second-order valence-electron chi connectivity index (χ2n) is 5.88. The van der Waals surface area contributed by atoms with Crippen LogP contribution in [0.5, 0.6) is 0 Å². The highest BCUT2D eigenvalue weighted by Crippen LogP contribution is 2.40. The van der Waals surface area contributed by atoms with Crippen LogP contribution in [0, 0.1) is 5.41 Å². The number of hydrogen-bond donors (Lipinski definition) is 0. The van der Waals surface area contributed by atoms with Gasteiger partial charge in [-0.15, -0.1) is 0 Å². The molecule has 1 heterocycles. The number of carbonyl (C=O) groups is 1. The summed E-state index contributed by atoms with van der Waals surface area (Å²) in [5.41, 5.74) is 0.306. The van der Waals surface area contributed by atoms with Crippen molar-refractivity contribution in [2.45, 2.75) is 39.0 Å². The van der Waals surface area contributed by atoms with Gasteiger partial charge in [-0.1, -0.05) is 19.8 Å². The molecule has 0 unspecified atom stereocenters. The van der Waals surface area contributed by atoms with Gasteiger partial charge in [0, 0.05) is 32.6 Å². The lowest BCUT2D eigenvalue weighted by Crippen LogP contribution is -2.48. The third-order valence-corrected chi connectivity index (χ3v) is 4.24. The standard InChI is InChI=1S/C13H24N2O/c1-13(5-3-4-6-13)11-12(16)15-9-7-14(2)8-10-15/h3-11H2,1-2H3. The number of hydrogen-bond acceptors (Lipinski definition) is 2. The molecule has 3 heteroatoms. The van der Waals surface area contributed by atoms with Gasteiger partial charge in [0.05, 0.1) is 0 Å². The Morgan fingerprint density at radius 2 is 1.69 bits per heavy atom. The zero-order valence-corrected chi connectivity index (χ0v) is 10.7. The summed E-state index contributed by atoms with van der Waals surface area (Å²) in [4.78, 5) is 16.5. The number of piperazine rings is 1. The number of nitrogens with zero attached hydrogens (tertiary/aromatic N) is 2. The molecule has 16 heavy (non-hydrogen) atoms. The lowest BCUT2D eigenvalue weighted by molar-refractivity contribution is -0.135. The van der Waals surface area contributed by atoms with E-state index in [0.717, 1.165) is 32.6 Å². The molecule has 2 rings (SSSR count). The Morgan fingerprint density at radius 1 is 1.12 bits per heavy atom. The van der Waals surface area contributed by atoms with E-state index in [2.05, 4.69) is 23.8 Å². The van der Waals surface area contributed by atoms with Crippen molar-refractivity contribution < 1.29 is 4.79 Å². The predicted molar refractivity (Wildman–Crippen MR) is 65.3 cm³/mol. The SMILES string of the molecule is CN1CCN(C(=O)CC2(C)CCCC2)CC1. The van der Waals surface area contributed by atoms with Crippen LogP contribution in [0.25, 0.3) is 0 Å². The van der Waals surface area contributed by atoms with Crippen molar-refractivity contribution in [3.8, 4) is 0 Å². The normalized spacial score (nSPS) is 26.0. The Kier molecular flexibility index (Phi) is 3.53. The number of likely N-dealkylation sites (N-methyl/N-ethyl adjacent to an activating group) is 1.